The highest BCUT2D eigenvalue weighted by molar-refractivity contribution is 6.39. The zero-order valence-corrected chi connectivity index (χ0v) is 11.3. The minimum Gasteiger partial charge on any atom is -0.393 e. The molecule has 1 aromatic rings. The van der Waals surface area contributed by atoms with E-state index in [1.165, 1.54) is 0 Å². The monoisotopic (exact) mass is 264 g/mol. The summed E-state index contributed by atoms with van der Waals surface area (Å²) in [5, 5.41) is 14.3. The van der Waals surface area contributed by atoms with Crippen LogP contribution in [0.1, 0.15) is 25.3 Å². The van der Waals surface area contributed by atoms with Gasteiger partial charge in [0.2, 0.25) is 0 Å². The van der Waals surface area contributed by atoms with Crippen LogP contribution in [0.5, 0.6) is 0 Å². The Morgan fingerprint density at radius 3 is 2.42 bits per heavy atom. The number of carbonyl (C=O) groups is 2. The maximum Gasteiger partial charge on any atom is 0.313 e. The van der Waals surface area contributed by atoms with Crippen molar-refractivity contribution < 1.29 is 14.7 Å². The van der Waals surface area contributed by atoms with E-state index in [9.17, 15) is 14.7 Å². The fraction of sp³-hybridized carbons (Fsp3) is 0.429. The van der Waals surface area contributed by atoms with Crippen molar-refractivity contribution in [2.45, 2.75) is 32.8 Å². The minimum atomic E-state index is -0.699. The molecule has 0 radical (unpaired) electrons. The van der Waals surface area contributed by atoms with Gasteiger partial charge in [0.1, 0.15) is 0 Å². The second kappa shape index (κ2) is 7.53. The van der Waals surface area contributed by atoms with Crippen LogP contribution < -0.4 is 10.6 Å². The minimum absolute atomic E-state index is 0.287. The molecule has 0 aromatic heterocycles. The van der Waals surface area contributed by atoms with E-state index in [2.05, 4.69) is 10.6 Å². The van der Waals surface area contributed by atoms with Gasteiger partial charge in [0.05, 0.1) is 6.10 Å². The highest BCUT2D eigenvalue weighted by atomic mass is 16.3. The Labute approximate surface area is 113 Å². The molecule has 19 heavy (non-hydrogen) atoms. The van der Waals surface area contributed by atoms with Gasteiger partial charge in [-0.05, 0) is 31.9 Å². The number of rotatable bonds is 5. The van der Waals surface area contributed by atoms with E-state index in [1.54, 1.807) is 12.1 Å². The van der Waals surface area contributed by atoms with E-state index in [0.29, 0.717) is 18.5 Å². The number of benzene rings is 1. The van der Waals surface area contributed by atoms with Crippen molar-refractivity contribution in [3.63, 3.8) is 0 Å². The number of amides is 2. The van der Waals surface area contributed by atoms with Crippen LogP contribution in [0.4, 0.5) is 5.69 Å². The van der Waals surface area contributed by atoms with Crippen molar-refractivity contribution in [2.75, 3.05) is 11.9 Å². The lowest BCUT2D eigenvalue weighted by Gasteiger charge is -2.09. The normalized spacial score (nSPS) is 11.7. The molecule has 0 fully saturated rings. The number of anilines is 1. The van der Waals surface area contributed by atoms with Gasteiger partial charge in [0, 0.05) is 12.2 Å². The molecule has 0 heterocycles. The van der Waals surface area contributed by atoms with Gasteiger partial charge in [0.25, 0.3) is 0 Å². The first-order valence-electron chi connectivity index (χ1n) is 6.36. The summed E-state index contributed by atoms with van der Waals surface area (Å²) in [6, 6.07) is 7.18. The van der Waals surface area contributed by atoms with Crippen molar-refractivity contribution in [3.8, 4) is 0 Å². The third-order valence-electron chi connectivity index (χ3n) is 2.75. The SMILES string of the molecule is CCC(O)CCNC(=O)C(=O)Nc1ccc(C)cc1. The molecular weight excluding hydrogens is 244 g/mol. The predicted molar refractivity (Wildman–Crippen MR) is 73.7 cm³/mol. The van der Waals surface area contributed by atoms with Gasteiger partial charge in [-0.2, -0.15) is 0 Å². The Hall–Kier alpha value is -1.88. The number of nitrogens with one attached hydrogen (secondary N) is 2. The maximum absolute atomic E-state index is 11.6. The molecule has 0 aliphatic heterocycles. The Morgan fingerprint density at radius 1 is 1.21 bits per heavy atom. The third-order valence-corrected chi connectivity index (χ3v) is 2.75. The smallest absolute Gasteiger partial charge is 0.313 e. The van der Waals surface area contributed by atoms with Gasteiger partial charge < -0.3 is 15.7 Å². The quantitative estimate of drug-likeness (QED) is 0.699. The number of carbonyl (C=O) groups excluding carboxylic acids is 2. The largest absolute Gasteiger partial charge is 0.393 e. The van der Waals surface area contributed by atoms with Crippen LogP contribution in [0, 0.1) is 6.92 Å². The highest BCUT2D eigenvalue weighted by Crippen LogP contribution is 2.08. The zero-order valence-electron chi connectivity index (χ0n) is 11.3. The second-order valence-corrected chi connectivity index (χ2v) is 4.43. The van der Waals surface area contributed by atoms with Gasteiger partial charge >= 0.3 is 11.8 Å². The molecule has 0 aliphatic carbocycles. The summed E-state index contributed by atoms with van der Waals surface area (Å²) in [6.45, 7) is 4.09. The number of aryl methyl sites for hydroxylation is 1. The van der Waals surface area contributed by atoms with E-state index in [-0.39, 0.29) is 6.54 Å². The summed E-state index contributed by atoms with van der Waals surface area (Å²) in [6.07, 6.45) is 0.631. The summed E-state index contributed by atoms with van der Waals surface area (Å²) in [5.74, 6) is -1.39. The molecule has 1 unspecified atom stereocenters. The molecule has 2 amide bonds. The fourth-order valence-corrected chi connectivity index (χ4v) is 1.46. The van der Waals surface area contributed by atoms with Gasteiger partial charge in [0.15, 0.2) is 0 Å². The zero-order chi connectivity index (χ0) is 14.3. The molecule has 1 aromatic carbocycles. The van der Waals surface area contributed by atoms with Crippen LogP contribution in [-0.4, -0.2) is 29.6 Å². The van der Waals surface area contributed by atoms with E-state index < -0.39 is 17.9 Å². The first-order chi connectivity index (χ1) is 9.02. The number of aliphatic hydroxyl groups is 1. The van der Waals surface area contributed by atoms with E-state index in [1.807, 2.05) is 26.0 Å². The van der Waals surface area contributed by atoms with Gasteiger partial charge in [-0.1, -0.05) is 24.6 Å². The lowest BCUT2D eigenvalue weighted by Crippen LogP contribution is -2.36. The van der Waals surface area contributed by atoms with Crippen LogP contribution in [0.3, 0.4) is 0 Å². The van der Waals surface area contributed by atoms with E-state index >= 15 is 0 Å². The molecule has 0 saturated carbocycles. The lowest BCUT2D eigenvalue weighted by atomic mass is 10.2. The van der Waals surface area contributed by atoms with Gasteiger partial charge in [-0.25, -0.2) is 0 Å². The topological polar surface area (TPSA) is 78.4 Å². The molecule has 3 N–H and O–H groups in total. The number of hydrogen-bond donors (Lipinski definition) is 3. The standard InChI is InChI=1S/C14H20N2O3/c1-3-12(17)8-9-15-13(18)14(19)16-11-6-4-10(2)5-7-11/h4-7,12,17H,3,8-9H2,1-2H3,(H,15,18)(H,16,19). The molecule has 1 atom stereocenters. The van der Waals surface area contributed by atoms with Crippen molar-refractivity contribution in [3.05, 3.63) is 29.8 Å². The van der Waals surface area contributed by atoms with Crippen LogP contribution in [0.25, 0.3) is 0 Å². The Balaban J connectivity index is 2.36. The van der Waals surface area contributed by atoms with Crippen LogP contribution in [0.2, 0.25) is 0 Å². The predicted octanol–water partition coefficient (Wildman–Crippen LogP) is 1.21. The summed E-state index contributed by atoms with van der Waals surface area (Å²) in [5.41, 5.74) is 1.66. The molecule has 104 valence electrons. The summed E-state index contributed by atoms with van der Waals surface area (Å²) in [4.78, 5) is 23.0. The second-order valence-electron chi connectivity index (χ2n) is 4.43. The third kappa shape index (κ3) is 5.52. The first kappa shape index (κ1) is 15.2. The molecular formula is C14H20N2O3. The first-order valence-corrected chi connectivity index (χ1v) is 6.36. The molecule has 1 rings (SSSR count). The fourth-order valence-electron chi connectivity index (χ4n) is 1.46. The summed E-state index contributed by atoms with van der Waals surface area (Å²) < 4.78 is 0. The Morgan fingerprint density at radius 2 is 1.84 bits per heavy atom. The average molecular weight is 264 g/mol. The molecule has 0 saturated heterocycles. The molecule has 0 aliphatic rings. The number of aliphatic hydroxyl groups excluding tert-OH is 1. The van der Waals surface area contributed by atoms with Crippen molar-refractivity contribution in [1.82, 2.24) is 5.32 Å². The van der Waals surface area contributed by atoms with Crippen molar-refractivity contribution in [1.29, 1.82) is 0 Å². The Bertz CT molecular complexity index is 429. The average Bonchev–Trinajstić information content (AvgIpc) is 2.40. The van der Waals surface area contributed by atoms with Crippen LogP contribution >= 0.6 is 0 Å². The van der Waals surface area contributed by atoms with Crippen molar-refractivity contribution >= 4 is 17.5 Å². The van der Waals surface area contributed by atoms with Crippen molar-refractivity contribution in [2.24, 2.45) is 0 Å². The summed E-state index contributed by atoms with van der Waals surface area (Å²) >= 11 is 0. The maximum atomic E-state index is 11.6. The van der Waals surface area contributed by atoms with Crippen LogP contribution in [0.15, 0.2) is 24.3 Å². The van der Waals surface area contributed by atoms with E-state index in [4.69, 9.17) is 0 Å². The van der Waals surface area contributed by atoms with E-state index in [0.717, 1.165) is 5.56 Å². The van der Waals surface area contributed by atoms with Gasteiger partial charge in [-0.15, -0.1) is 0 Å². The summed E-state index contributed by atoms with van der Waals surface area (Å²) in [7, 11) is 0. The molecule has 0 spiro atoms. The molecule has 5 heteroatoms. The molecule has 0 bridgehead atoms. The lowest BCUT2D eigenvalue weighted by molar-refractivity contribution is -0.136. The Kier molecular flexibility index (Phi) is 6.02. The number of hydrogen-bond acceptors (Lipinski definition) is 3. The van der Waals surface area contributed by atoms with Crippen LogP contribution in [-0.2, 0) is 9.59 Å². The highest BCUT2D eigenvalue weighted by Gasteiger charge is 2.13. The molecule has 5 nitrogen and oxygen atoms in total. The van der Waals surface area contributed by atoms with Gasteiger partial charge in [-0.3, -0.25) is 9.59 Å².